The van der Waals surface area contributed by atoms with Gasteiger partial charge in [0.25, 0.3) is 0 Å². The van der Waals surface area contributed by atoms with Crippen molar-refractivity contribution in [2.24, 2.45) is 0 Å². The minimum Gasteiger partial charge on any atom is -0.480 e. The molecular formula is C11H11NO6. The van der Waals surface area contributed by atoms with Crippen molar-refractivity contribution < 1.29 is 24.3 Å². The van der Waals surface area contributed by atoms with E-state index in [0.717, 1.165) is 0 Å². The van der Waals surface area contributed by atoms with E-state index in [1.165, 1.54) is 18.2 Å². The second kappa shape index (κ2) is 5.01. The van der Waals surface area contributed by atoms with Gasteiger partial charge in [-0.2, -0.15) is 0 Å². The van der Waals surface area contributed by atoms with Crippen molar-refractivity contribution in [1.29, 1.82) is 0 Å². The molecule has 1 atom stereocenters. The molecule has 96 valence electrons. The summed E-state index contributed by atoms with van der Waals surface area (Å²) in [6.45, 7) is 0.818. The van der Waals surface area contributed by atoms with E-state index in [-0.39, 0.29) is 23.1 Å². The summed E-state index contributed by atoms with van der Waals surface area (Å²) < 4.78 is 10.5. The fourth-order valence-corrected chi connectivity index (χ4v) is 1.73. The molecule has 1 aromatic carbocycles. The van der Waals surface area contributed by atoms with Crippen molar-refractivity contribution in [3.05, 3.63) is 33.9 Å². The summed E-state index contributed by atoms with van der Waals surface area (Å²) in [5.74, 6) is -1.46. The number of nitrogens with zero attached hydrogens (tertiary/aromatic N) is 1. The lowest BCUT2D eigenvalue weighted by Gasteiger charge is -2.13. The minimum absolute atomic E-state index is 0.203. The van der Waals surface area contributed by atoms with E-state index >= 15 is 0 Å². The maximum atomic E-state index is 11.0. The quantitative estimate of drug-likeness (QED) is 0.644. The third-order valence-electron chi connectivity index (χ3n) is 2.59. The van der Waals surface area contributed by atoms with E-state index < -0.39 is 10.9 Å². The van der Waals surface area contributed by atoms with Crippen LogP contribution in [0.4, 0.5) is 5.69 Å². The lowest BCUT2D eigenvalue weighted by molar-refractivity contribution is -0.386. The van der Waals surface area contributed by atoms with Crippen LogP contribution in [0.25, 0.3) is 0 Å². The highest BCUT2D eigenvalue weighted by Gasteiger charge is 2.27. The Morgan fingerprint density at radius 2 is 2.33 bits per heavy atom. The summed E-state index contributed by atoms with van der Waals surface area (Å²) >= 11 is 0. The molecule has 0 amide bonds. The molecule has 0 spiro atoms. The van der Waals surface area contributed by atoms with Crippen molar-refractivity contribution in [3.8, 4) is 5.75 Å². The molecule has 0 bridgehead atoms. The van der Waals surface area contributed by atoms with Gasteiger partial charge >= 0.3 is 11.7 Å². The van der Waals surface area contributed by atoms with Crippen LogP contribution in [0, 0.1) is 10.1 Å². The molecule has 1 aliphatic rings. The van der Waals surface area contributed by atoms with Crippen LogP contribution < -0.4 is 4.74 Å². The normalized spacial score (nSPS) is 18.6. The highest BCUT2D eigenvalue weighted by Crippen LogP contribution is 2.32. The minimum atomic E-state index is -1.26. The van der Waals surface area contributed by atoms with Crippen molar-refractivity contribution in [2.75, 3.05) is 13.2 Å². The van der Waals surface area contributed by atoms with E-state index in [0.29, 0.717) is 19.6 Å². The number of ether oxygens (including phenoxy) is 2. The maximum Gasteiger partial charge on any atom is 0.339 e. The van der Waals surface area contributed by atoms with Crippen LogP contribution in [0.1, 0.15) is 16.8 Å². The number of carboxylic acid groups (broad SMARTS) is 1. The zero-order chi connectivity index (χ0) is 13.1. The molecule has 7 heteroatoms. The van der Waals surface area contributed by atoms with Crippen LogP contribution in [-0.4, -0.2) is 35.3 Å². The van der Waals surface area contributed by atoms with E-state index in [1.807, 2.05) is 0 Å². The number of benzene rings is 1. The molecule has 1 heterocycles. The molecule has 1 aromatic rings. The molecule has 0 aromatic heterocycles. The van der Waals surface area contributed by atoms with Gasteiger partial charge < -0.3 is 14.6 Å². The predicted molar refractivity (Wildman–Crippen MR) is 59.9 cm³/mol. The van der Waals surface area contributed by atoms with Crippen LogP contribution in [0.3, 0.4) is 0 Å². The van der Waals surface area contributed by atoms with Gasteiger partial charge in [-0.3, -0.25) is 10.1 Å². The number of rotatable bonds is 4. The van der Waals surface area contributed by atoms with E-state index in [9.17, 15) is 14.9 Å². The first kappa shape index (κ1) is 12.3. The van der Waals surface area contributed by atoms with Crippen LogP contribution in [0.2, 0.25) is 0 Å². The highest BCUT2D eigenvalue weighted by molar-refractivity contribution is 5.92. The summed E-state index contributed by atoms with van der Waals surface area (Å²) in [6, 6.07) is 3.82. The molecule has 2 rings (SSSR count). The van der Waals surface area contributed by atoms with Gasteiger partial charge in [-0.05, 0) is 6.07 Å². The molecule has 1 saturated heterocycles. The van der Waals surface area contributed by atoms with Crippen molar-refractivity contribution in [3.63, 3.8) is 0 Å². The van der Waals surface area contributed by atoms with Gasteiger partial charge in [0.1, 0.15) is 11.7 Å². The first-order valence-electron chi connectivity index (χ1n) is 5.34. The zero-order valence-corrected chi connectivity index (χ0v) is 9.37. The molecule has 0 aliphatic carbocycles. The number of hydrogen-bond donors (Lipinski definition) is 1. The number of carboxylic acids is 1. The van der Waals surface area contributed by atoms with Crippen LogP contribution in [0.5, 0.6) is 5.75 Å². The number of carbonyl (C=O) groups is 1. The molecule has 18 heavy (non-hydrogen) atoms. The Kier molecular flexibility index (Phi) is 3.42. The van der Waals surface area contributed by atoms with Gasteiger partial charge in [0.05, 0.1) is 18.1 Å². The third kappa shape index (κ3) is 2.40. The van der Waals surface area contributed by atoms with Gasteiger partial charge in [-0.25, -0.2) is 4.79 Å². The maximum absolute atomic E-state index is 11.0. The van der Waals surface area contributed by atoms with Gasteiger partial charge in [0, 0.05) is 12.5 Å². The van der Waals surface area contributed by atoms with E-state index in [1.54, 1.807) is 0 Å². The summed E-state index contributed by atoms with van der Waals surface area (Å²) in [6.07, 6.45) is 0.245. The Hall–Kier alpha value is -2.15. The smallest absolute Gasteiger partial charge is 0.339 e. The summed E-state index contributed by atoms with van der Waals surface area (Å²) in [4.78, 5) is 21.3. The average molecular weight is 253 g/mol. The summed E-state index contributed by atoms with van der Waals surface area (Å²) in [5, 5.41) is 19.9. The molecule has 1 N–H and O–H groups in total. The molecule has 1 aliphatic heterocycles. The Bertz CT molecular complexity index is 448. The monoisotopic (exact) mass is 253 g/mol. The lowest BCUT2D eigenvalue weighted by atomic mass is 10.1. The summed E-state index contributed by atoms with van der Waals surface area (Å²) in [7, 11) is 0. The van der Waals surface area contributed by atoms with Gasteiger partial charge in [0.15, 0.2) is 0 Å². The number of aromatic carboxylic acids is 1. The SMILES string of the molecule is O=C(O)c1cccc([N+](=O)[O-])c1OC1CCOC1. The van der Waals surface area contributed by atoms with Crippen molar-refractivity contribution in [2.45, 2.75) is 12.5 Å². The predicted octanol–water partition coefficient (Wildman–Crippen LogP) is 1.46. The lowest BCUT2D eigenvalue weighted by Crippen LogP contribution is -2.18. The van der Waals surface area contributed by atoms with Crippen LogP contribution in [-0.2, 0) is 4.74 Å². The molecule has 0 saturated carbocycles. The number of nitro groups is 1. The fourth-order valence-electron chi connectivity index (χ4n) is 1.73. The van der Waals surface area contributed by atoms with Gasteiger partial charge in [-0.15, -0.1) is 0 Å². The van der Waals surface area contributed by atoms with Gasteiger partial charge in [-0.1, -0.05) is 6.07 Å². The molecule has 7 nitrogen and oxygen atoms in total. The summed E-state index contributed by atoms with van der Waals surface area (Å²) in [5.41, 5.74) is -0.557. The first-order chi connectivity index (χ1) is 8.59. The molecule has 0 radical (unpaired) electrons. The molecule has 1 fully saturated rings. The Morgan fingerprint density at radius 3 is 2.89 bits per heavy atom. The Balaban J connectivity index is 2.39. The Morgan fingerprint density at radius 1 is 1.56 bits per heavy atom. The number of para-hydroxylation sites is 1. The topological polar surface area (TPSA) is 98.9 Å². The second-order valence-electron chi connectivity index (χ2n) is 3.82. The van der Waals surface area contributed by atoms with Gasteiger partial charge in [0.2, 0.25) is 5.75 Å². The zero-order valence-electron chi connectivity index (χ0n) is 9.37. The van der Waals surface area contributed by atoms with Crippen LogP contribution >= 0.6 is 0 Å². The number of nitro benzene ring substituents is 1. The van der Waals surface area contributed by atoms with E-state index in [2.05, 4.69) is 0 Å². The fraction of sp³-hybridized carbons (Fsp3) is 0.364. The van der Waals surface area contributed by atoms with Crippen molar-refractivity contribution in [1.82, 2.24) is 0 Å². The van der Waals surface area contributed by atoms with Crippen molar-refractivity contribution >= 4 is 11.7 Å². The first-order valence-corrected chi connectivity index (χ1v) is 5.34. The molecular weight excluding hydrogens is 242 g/mol. The largest absolute Gasteiger partial charge is 0.480 e. The standard InChI is InChI=1S/C11H11NO6/c13-11(14)8-2-1-3-9(12(15)16)10(8)18-7-4-5-17-6-7/h1-3,7H,4-6H2,(H,13,14). The second-order valence-corrected chi connectivity index (χ2v) is 3.82. The number of hydrogen-bond acceptors (Lipinski definition) is 5. The Labute approximate surface area is 102 Å². The average Bonchev–Trinajstić information content (AvgIpc) is 2.81. The van der Waals surface area contributed by atoms with E-state index in [4.69, 9.17) is 14.6 Å². The molecule has 1 unspecified atom stereocenters. The van der Waals surface area contributed by atoms with Crippen LogP contribution in [0.15, 0.2) is 18.2 Å². The third-order valence-corrected chi connectivity index (χ3v) is 2.59. The highest BCUT2D eigenvalue weighted by atomic mass is 16.6.